The highest BCUT2D eigenvalue weighted by atomic mass is 19.1. The molecule has 0 amide bonds. The zero-order valence-corrected chi connectivity index (χ0v) is 29.3. The van der Waals surface area contributed by atoms with Gasteiger partial charge in [-0.25, -0.2) is 14.4 Å². The van der Waals surface area contributed by atoms with E-state index in [1.54, 1.807) is 0 Å². The number of piperazine rings is 1. The first-order chi connectivity index (χ1) is 22.6. The molecular weight excluding hydrogens is 587 g/mol. The Kier molecular flexibility index (Phi) is 9.94. The average molecular weight is 639 g/mol. The minimum absolute atomic E-state index is 0.185. The van der Waals surface area contributed by atoms with Crippen molar-refractivity contribution in [2.75, 3.05) is 69.0 Å². The summed E-state index contributed by atoms with van der Waals surface area (Å²) in [6.45, 7) is 13.6. The molecule has 0 unspecified atom stereocenters. The molecule has 4 heterocycles. The summed E-state index contributed by atoms with van der Waals surface area (Å²) in [5, 5.41) is 5.42. The Morgan fingerprint density at radius 3 is 2.28 bits per heavy atom. The van der Waals surface area contributed by atoms with Crippen LogP contribution in [-0.4, -0.2) is 90.7 Å². The molecule has 0 radical (unpaired) electrons. The Hall–Kier alpha value is -3.82. The summed E-state index contributed by atoms with van der Waals surface area (Å²) < 4.78 is 17.2. The fourth-order valence-electron chi connectivity index (χ4n) is 7.65. The lowest BCUT2D eigenvalue weighted by Gasteiger charge is -2.40. The van der Waals surface area contributed by atoms with Crippen molar-refractivity contribution in [1.29, 1.82) is 0 Å². The molecule has 1 saturated heterocycles. The number of aromatic nitrogens is 3. The first kappa shape index (κ1) is 33.1. The van der Waals surface area contributed by atoms with Crippen LogP contribution in [0.5, 0.6) is 0 Å². The third kappa shape index (κ3) is 6.92. The van der Waals surface area contributed by atoms with Gasteiger partial charge < -0.3 is 24.9 Å². The van der Waals surface area contributed by atoms with Gasteiger partial charge in [-0.2, -0.15) is 0 Å². The maximum Gasteiger partial charge on any atom is 0.155 e. The SMILES string of the molecule is CCN(c1c(F)c(-c2ccc(N3CCN(C)CC3)nc2)cc2c(NCc3c(C)cc(C)nc3C)nccc12)C1CCC(N(C)C)CC1. The topological polar surface area (TPSA) is 63.7 Å². The Balaban J connectivity index is 1.42. The highest BCUT2D eigenvalue weighted by Gasteiger charge is 2.30. The van der Waals surface area contributed by atoms with Gasteiger partial charge in [0.05, 0.1) is 5.69 Å². The minimum Gasteiger partial charge on any atom is -0.366 e. The van der Waals surface area contributed by atoms with Crippen molar-refractivity contribution >= 4 is 28.1 Å². The van der Waals surface area contributed by atoms with Crippen molar-refractivity contribution in [1.82, 2.24) is 24.8 Å². The molecule has 1 saturated carbocycles. The molecule has 1 aliphatic carbocycles. The standard InChI is InChI=1S/C38H51FN8/c1-8-47(30-12-10-29(11-13-30)44(5)6)37-31-15-16-40-38(42-24-34-25(2)21-26(3)43-27(34)4)33(31)22-32(36(37)39)28-9-14-35(41-23-28)46-19-17-45(7)18-20-46/h9,14-16,21-23,29-30H,8,10-13,17-20,24H2,1-7H3,(H,40,42). The quantitative estimate of drug-likeness (QED) is 0.214. The number of halogens is 1. The van der Waals surface area contributed by atoms with Gasteiger partial charge >= 0.3 is 0 Å². The van der Waals surface area contributed by atoms with Crippen LogP contribution in [-0.2, 0) is 6.54 Å². The molecule has 2 fully saturated rings. The van der Waals surface area contributed by atoms with Gasteiger partial charge in [-0.05, 0) is 116 Å². The van der Waals surface area contributed by atoms with Crippen molar-refractivity contribution in [3.63, 3.8) is 0 Å². The van der Waals surface area contributed by atoms with Crippen LogP contribution in [0.4, 0.5) is 21.7 Å². The van der Waals surface area contributed by atoms with E-state index >= 15 is 4.39 Å². The molecule has 3 aromatic heterocycles. The number of rotatable bonds is 9. The largest absolute Gasteiger partial charge is 0.366 e. The fourth-order valence-corrected chi connectivity index (χ4v) is 7.65. The van der Waals surface area contributed by atoms with E-state index in [2.05, 4.69) is 72.9 Å². The van der Waals surface area contributed by atoms with Crippen LogP contribution in [0.3, 0.4) is 0 Å². The lowest BCUT2D eigenvalue weighted by atomic mass is 9.88. The Morgan fingerprint density at radius 2 is 1.64 bits per heavy atom. The molecule has 1 aromatic carbocycles. The van der Waals surface area contributed by atoms with E-state index in [-0.39, 0.29) is 11.9 Å². The van der Waals surface area contributed by atoms with Crippen molar-refractivity contribution in [3.8, 4) is 11.1 Å². The number of benzene rings is 1. The molecule has 1 N–H and O–H groups in total. The summed E-state index contributed by atoms with van der Waals surface area (Å²) in [5.74, 6) is 1.51. The lowest BCUT2D eigenvalue weighted by molar-refractivity contribution is 0.214. The van der Waals surface area contributed by atoms with Gasteiger partial charge in [0.2, 0.25) is 0 Å². The number of aryl methyl sites for hydroxylation is 3. The molecule has 4 aromatic rings. The molecule has 250 valence electrons. The Bertz CT molecular complexity index is 1670. The zero-order chi connectivity index (χ0) is 33.2. The average Bonchev–Trinajstić information content (AvgIpc) is 3.06. The fraction of sp³-hybridized carbons (Fsp3) is 0.500. The molecule has 0 bridgehead atoms. The smallest absolute Gasteiger partial charge is 0.155 e. The van der Waals surface area contributed by atoms with Gasteiger partial charge in [0.15, 0.2) is 5.82 Å². The Morgan fingerprint density at radius 1 is 0.915 bits per heavy atom. The molecule has 8 nitrogen and oxygen atoms in total. The second kappa shape index (κ2) is 14.1. The van der Waals surface area contributed by atoms with Crippen molar-refractivity contribution in [2.45, 2.75) is 72.0 Å². The minimum atomic E-state index is -0.185. The van der Waals surface area contributed by atoms with Crippen LogP contribution < -0.4 is 15.1 Å². The number of hydrogen-bond acceptors (Lipinski definition) is 8. The van der Waals surface area contributed by atoms with E-state index < -0.39 is 0 Å². The molecule has 2 aliphatic rings. The lowest BCUT2D eigenvalue weighted by Crippen LogP contribution is -2.44. The number of nitrogens with one attached hydrogen (secondary N) is 1. The summed E-state index contributed by atoms with van der Waals surface area (Å²) in [7, 11) is 6.48. The monoisotopic (exact) mass is 638 g/mol. The van der Waals surface area contributed by atoms with Gasteiger partial charge in [-0.15, -0.1) is 0 Å². The predicted molar refractivity (Wildman–Crippen MR) is 193 cm³/mol. The number of fused-ring (bicyclic) bond motifs is 1. The number of pyridine rings is 3. The molecular formula is C38H51FN8. The van der Waals surface area contributed by atoms with Crippen LogP contribution in [0.25, 0.3) is 21.9 Å². The van der Waals surface area contributed by atoms with Crippen molar-refractivity contribution in [2.24, 2.45) is 0 Å². The molecule has 1 aliphatic heterocycles. The van der Waals surface area contributed by atoms with Crippen LogP contribution in [0.2, 0.25) is 0 Å². The number of anilines is 3. The van der Waals surface area contributed by atoms with Crippen molar-refractivity contribution in [3.05, 3.63) is 71.1 Å². The van der Waals surface area contributed by atoms with E-state index in [0.717, 1.165) is 103 Å². The maximum atomic E-state index is 17.2. The summed E-state index contributed by atoms with van der Waals surface area (Å²) in [5.41, 5.74) is 6.40. The summed E-state index contributed by atoms with van der Waals surface area (Å²) in [4.78, 5) is 23.7. The molecule has 6 rings (SSSR count). The van der Waals surface area contributed by atoms with Gasteiger partial charge in [0.25, 0.3) is 0 Å². The van der Waals surface area contributed by atoms with Crippen LogP contribution >= 0.6 is 0 Å². The summed E-state index contributed by atoms with van der Waals surface area (Å²) in [6, 6.07) is 11.0. The first-order valence-corrected chi connectivity index (χ1v) is 17.3. The second-order valence-corrected chi connectivity index (χ2v) is 13.7. The van der Waals surface area contributed by atoms with E-state index in [1.165, 1.54) is 5.56 Å². The van der Waals surface area contributed by atoms with Crippen LogP contribution in [0.15, 0.2) is 42.7 Å². The van der Waals surface area contributed by atoms with Gasteiger partial charge in [-0.3, -0.25) is 4.98 Å². The summed E-state index contributed by atoms with van der Waals surface area (Å²) in [6.07, 6.45) is 7.96. The number of likely N-dealkylation sites (N-methyl/N-ethyl adjacent to an activating group) is 1. The third-order valence-electron chi connectivity index (χ3n) is 10.4. The number of nitrogens with zero attached hydrogens (tertiary/aromatic N) is 7. The van der Waals surface area contributed by atoms with Crippen LogP contribution in [0.1, 0.15) is 55.1 Å². The molecule has 0 spiro atoms. The van der Waals surface area contributed by atoms with Crippen molar-refractivity contribution < 1.29 is 4.39 Å². The third-order valence-corrected chi connectivity index (χ3v) is 10.4. The molecule has 9 heteroatoms. The Labute approximate surface area is 280 Å². The van der Waals surface area contributed by atoms with E-state index in [9.17, 15) is 0 Å². The summed E-state index contributed by atoms with van der Waals surface area (Å²) >= 11 is 0. The maximum absolute atomic E-state index is 17.2. The highest BCUT2D eigenvalue weighted by Crippen LogP contribution is 2.42. The van der Waals surface area contributed by atoms with Gasteiger partial charge in [0, 0.05) is 97.0 Å². The first-order valence-electron chi connectivity index (χ1n) is 17.3. The van der Waals surface area contributed by atoms with Gasteiger partial charge in [-0.1, -0.05) is 0 Å². The van der Waals surface area contributed by atoms with E-state index in [1.807, 2.05) is 43.6 Å². The predicted octanol–water partition coefficient (Wildman–Crippen LogP) is 6.82. The zero-order valence-electron chi connectivity index (χ0n) is 29.3. The van der Waals surface area contributed by atoms with Crippen LogP contribution in [0, 0.1) is 26.6 Å². The van der Waals surface area contributed by atoms with E-state index in [4.69, 9.17) is 15.0 Å². The highest BCUT2D eigenvalue weighted by molar-refractivity contribution is 6.03. The molecule has 47 heavy (non-hydrogen) atoms. The second-order valence-electron chi connectivity index (χ2n) is 13.7. The molecule has 0 atom stereocenters. The number of hydrogen-bond donors (Lipinski definition) is 1. The van der Waals surface area contributed by atoms with Gasteiger partial charge in [0.1, 0.15) is 11.6 Å². The van der Waals surface area contributed by atoms with E-state index in [0.29, 0.717) is 23.8 Å². The normalized spacial score (nSPS) is 19.0.